The zero-order chi connectivity index (χ0) is 18.1. The summed E-state index contributed by atoms with van der Waals surface area (Å²) in [4.78, 5) is 8.45. The molecule has 0 fully saturated rings. The number of nitrogens with one attached hydrogen (secondary N) is 2. The van der Waals surface area contributed by atoms with E-state index in [0.717, 1.165) is 30.2 Å². The minimum absolute atomic E-state index is 0. The van der Waals surface area contributed by atoms with Crippen molar-refractivity contribution in [2.24, 2.45) is 4.99 Å². The Morgan fingerprint density at radius 3 is 2.62 bits per heavy atom. The number of halogens is 1. The highest BCUT2D eigenvalue weighted by atomic mass is 127. The molecule has 0 aliphatic heterocycles. The summed E-state index contributed by atoms with van der Waals surface area (Å²) in [6.07, 6.45) is 2.56. The number of hydrogen-bond acceptors (Lipinski definition) is 4. The van der Waals surface area contributed by atoms with Gasteiger partial charge in [-0.2, -0.15) is 0 Å². The van der Waals surface area contributed by atoms with Gasteiger partial charge in [-0.3, -0.25) is 4.99 Å². The molecular weight excluding hydrogens is 443 g/mol. The molecule has 2 N–H and O–H groups in total. The average Bonchev–Trinajstić information content (AvgIpc) is 2.65. The highest BCUT2D eigenvalue weighted by molar-refractivity contribution is 14.0. The van der Waals surface area contributed by atoms with Crippen LogP contribution in [-0.2, 0) is 13.0 Å². The number of rotatable bonds is 7. The summed E-state index contributed by atoms with van der Waals surface area (Å²) >= 11 is 0. The van der Waals surface area contributed by atoms with Crippen LogP contribution in [0.15, 0.2) is 41.5 Å². The standard InChI is InChI=1S/C19H26N4O2.HI/c1-14-7-8-17(24-3)15(12-14)9-11-22-19(20-2)23-13-16-6-5-10-21-18(16)25-4;/h5-8,10,12H,9,11,13H2,1-4H3,(H2,20,22,23);1H. The molecule has 1 aromatic heterocycles. The maximum Gasteiger partial charge on any atom is 0.218 e. The molecule has 0 saturated heterocycles. The van der Waals surface area contributed by atoms with Crippen molar-refractivity contribution in [3.8, 4) is 11.6 Å². The summed E-state index contributed by atoms with van der Waals surface area (Å²) in [6.45, 7) is 3.42. The molecule has 7 heteroatoms. The Balaban J connectivity index is 0.00000338. The van der Waals surface area contributed by atoms with E-state index < -0.39 is 0 Å². The fraction of sp³-hybridized carbons (Fsp3) is 0.368. The van der Waals surface area contributed by atoms with Crippen molar-refractivity contribution in [3.05, 3.63) is 53.2 Å². The molecule has 26 heavy (non-hydrogen) atoms. The lowest BCUT2D eigenvalue weighted by atomic mass is 10.1. The van der Waals surface area contributed by atoms with E-state index in [1.807, 2.05) is 18.2 Å². The number of benzene rings is 1. The lowest BCUT2D eigenvalue weighted by Crippen LogP contribution is -2.38. The van der Waals surface area contributed by atoms with Gasteiger partial charge in [-0.1, -0.05) is 23.8 Å². The largest absolute Gasteiger partial charge is 0.496 e. The molecule has 0 aliphatic rings. The van der Waals surface area contributed by atoms with Crippen molar-refractivity contribution in [1.29, 1.82) is 0 Å². The Morgan fingerprint density at radius 2 is 1.92 bits per heavy atom. The van der Waals surface area contributed by atoms with Crippen LogP contribution < -0.4 is 20.1 Å². The molecule has 0 radical (unpaired) electrons. The summed E-state index contributed by atoms with van der Waals surface area (Å²) in [6, 6.07) is 10.1. The van der Waals surface area contributed by atoms with Gasteiger partial charge in [0.1, 0.15) is 5.75 Å². The molecule has 2 aromatic rings. The second-order valence-electron chi connectivity index (χ2n) is 5.59. The van der Waals surface area contributed by atoms with Crippen LogP contribution in [0.5, 0.6) is 11.6 Å². The predicted molar refractivity (Wildman–Crippen MR) is 116 cm³/mol. The van der Waals surface area contributed by atoms with Crippen molar-refractivity contribution in [2.75, 3.05) is 27.8 Å². The van der Waals surface area contributed by atoms with Crippen molar-refractivity contribution >= 4 is 29.9 Å². The molecule has 0 aliphatic carbocycles. The van der Waals surface area contributed by atoms with E-state index in [1.165, 1.54) is 11.1 Å². The van der Waals surface area contributed by atoms with Gasteiger partial charge >= 0.3 is 0 Å². The van der Waals surface area contributed by atoms with E-state index in [4.69, 9.17) is 9.47 Å². The topological polar surface area (TPSA) is 67.8 Å². The Morgan fingerprint density at radius 1 is 1.12 bits per heavy atom. The summed E-state index contributed by atoms with van der Waals surface area (Å²) in [5.74, 6) is 2.27. The van der Waals surface area contributed by atoms with Gasteiger partial charge in [0.2, 0.25) is 5.88 Å². The van der Waals surface area contributed by atoms with Crippen LogP contribution in [0.1, 0.15) is 16.7 Å². The van der Waals surface area contributed by atoms with Crippen molar-refractivity contribution < 1.29 is 9.47 Å². The van der Waals surface area contributed by atoms with Crippen LogP contribution in [-0.4, -0.2) is 38.8 Å². The number of aliphatic imine (C=N–C) groups is 1. The lowest BCUT2D eigenvalue weighted by molar-refractivity contribution is 0.392. The molecule has 0 amide bonds. The molecule has 142 valence electrons. The Bertz CT molecular complexity index is 722. The lowest BCUT2D eigenvalue weighted by Gasteiger charge is -2.14. The molecule has 1 aromatic carbocycles. The minimum Gasteiger partial charge on any atom is -0.496 e. The van der Waals surface area contributed by atoms with E-state index in [-0.39, 0.29) is 24.0 Å². The third-order valence-corrected chi connectivity index (χ3v) is 3.84. The highest BCUT2D eigenvalue weighted by Gasteiger charge is 2.06. The number of ether oxygens (including phenoxy) is 2. The first-order chi connectivity index (χ1) is 12.2. The van der Waals surface area contributed by atoms with Gasteiger partial charge in [0, 0.05) is 31.9 Å². The van der Waals surface area contributed by atoms with Gasteiger partial charge in [-0.15, -0.1) is 24.0 Å². The van der Waals surface area contributed by atoms with Gasteiger partial charge in [-0.05, 0) is 31.0 Å². The Kier molecular flexibility index (Phi) is 9.79. The average molecular weight is 470 g/mol. The Labute approximate surface area is 172 Å². The van der Waals surface area contributed by atoms with Crippen LogP contribution >= 0.6 is 24.0 Å². The van der Waals surface area contributed by atoms with Crippen molar-refractivity contribution in [1.82, 2.24) is 15.6 Å². The first kappa shape index (κ1) is 22.0. The first-order valence-electron chi connectivity index (χ1n) is 8.23. The molecule has 0 saturated carbocycles. The number of methoxy groups -OCH3 is 2. The molecule has 0 spiro atoms. The fourth-order valence-corrected chi connectivity index (χ4v) is 2.56. The number of pyridine rings is 1. The summed E-state index contributed by atoms with van der Waals surface area (Å²) in [5, 5.41) is 6.59. The highest BCUT2D eigenvalue weighted by Crippen LogP contribution is 2.19. The fourth-order valence-electron chi connectivity index (χ4n) is 2.56. The van der Waals surface area contributed by atoms with E-state index in [1.54, 1.807) is 27.5 Å². The van der Waals surface area contributed by atoms with Crippen LogP contribution in [0.2, 0.25) is 0 Å². The minimum atomic E-state index is 0. The summed E-state index contributed by atoms with van der Waals surface area (Å²) in [7, 11) is 5.07. The second kappa shape index (κ2) is 11.6. The third-order valence-electron chi connectivity index (χ3n) is 3.84. The molecule has 2 rings (SSSR count). The SMILES string of the molecule is CN=C(NCCc1cc(C)ccc1OC)NCc1cccnc1OC.I. The number of hydrogen-bond donors (Lipinski definition) is 2. The van der Waals surface area contributed by atoms with E-state index in [0.29, 0.717) is 12.4 Å². The van der Waals surface area contributed by atoms with Crippen molar-refractivity contribution in [2.45, 2.75) is 19.9 Å². The van der Waals surface area contributed by atoms with Crippen molar-refractivity contribution in [3.63, 3.8) is 0 Å². The molecule has 0 atom stereocenters. The van der Waals surface area contributed by atoms with Gasteiger partial charge < -0.3 is 20.1 Å². The van der Waals surface area contributed by atoms with E-state index >= 15 is 0 Å². The van der Waals surface area contributed by atoms with Crippen LogP contribution in [0.4, 0.5) is 0 Å². The van der Waals surface area contributed by atoms with Gasteiger partial charge in [0.25, 0.3) is 0 Å². The molecule has 0 unspecified atom stereocenters. The Hall–Kier alpha value is -2.03. The zero-order valence-electron chi connectivity index (χ0n) is 15.7. The number of aryl methyl sites for hydroxylation is 1. The maximum atomic E-state index is 5.42. The molecule has 6 nitrogen and oxygen atoms in total. The maximum absolute atomic E-state index is 5.42. The molecule has 1 heterocycles. The molecule has 0 bridgehead atoms. The van der Waals surface area contributed by atoms with E-state index in [9.17, 15) is 0 Å². The van der Waals surface area contributed by atoms with Crippen LogP contribution in [0.25, 0.3) is 0 Å². The number of aromatic nitrogens is 1. The predicted octanol–water partition coefficient (Wildman–Crippen LogP) is 2.93. The first-order valence-corrected chi connectivity index (χ1v) is 8.23. The van der Waals surface area contributed by atoms with Gasteiger partial charge in [-0.25, -0.2) is 4.98 Å². The monoisotopic (exact) mass is 470 g/mol. The van der Waals surface area contributed by atoms with Gasteiger partial charge in [0.05, 0.1) is 14.2 Å². The quantitative estimate of drug-likeness (QED) is 0.370. The van der Waals surface area contributed by atoms with E-state index in [2.05, 4.69) is 39.7 Å². The van der Waals surface area contributed by atoms with Gasteiger partial charge in [0.15, 0.2) is 5.96 Å². The second-order valence-corrected chi connectivity index (χ2v) is 5.59. The van der Waals surface area contributed by atoms with Crippen LogP contribution in [0.3, 0.4) is 0 Å². The smallest absolute Gasteiger partial charge is 0.218 e. The summed E-state index contributed by atoms with van der Waals surface area (Å²) in [5.41, 5.74) is 3.38. The number of nitrogens with zero attached hydrogens (tertiary/aromatic N) is 2. The normalized spacial score (nSPS) is 10.7. The number of guanidine groups is 1. The zero-order valence-corrected chi connectivity index (χ0v) is 18.0. The molecular formula is C19H27IN4O2. The summed E-state index contributed by atoms with van der Waals surface area (Å²) < 4.78 is 10.7. The third kappa shape index (κ3) is 6.36. The van der Waals surface area contributed by atoms with Crippen LogP contribution in [0, 0.1) is 6.92 Å².